The predicted octanol–water partition coefficient (Wildman–Crippen LogP) is 4.76. The first-order valence-corrected chi connectivity index (χ1v) is 18.7. The highest BCUT2D eigenvalue weighted by Gasteiger charge is 2.38. The van der Waals surface area contributed by atoms with Gasteiger partial charge in [0.2, 0.25) is 0 Å². The van der Waals surface area contributed by atoms with E-state index in [4.69, 9.17) is 28.8 Å². The number of carboxylic acid groups (broad SMARTS) is 2. The van der Waals surface area contributed by atoms with E-state index in [2.05, 4.69) is 0 Å². The summed E-state index contributed by atoms with van der Waals surface area (Å²) in [5, 5.41) is 107. The number of aryl methyl sites for hydroxylation is 1. The molecule has 5 aromatic carbocycles. The third kappa shape index (κ3) is 9.08. The Morgan fingerprint density at radius 2 is 1.42 bits per heavy atom. The first kappa shape index (κ1) is 46.2. The highest BCUT2D eigenvalue weighted by atomic mass is 16.6. The maximum atomic E-state index is 12.9. The lowest BCUT2D eigenvalue weighted by atomic mass is 9.93. The van der Waals surface area contributed by atoms with Crippen LogP contribution in [-0.2, 0) is 32.1 Å². The van der Waals surface area contributed by atoms with Crippen LogP contribution in [0.4, 0.5) is 0 Å². The number of carbonyl (C=O) groups is 6. The van der Waals surface area contributed by atoms with Crippen molar-refractivity contribution in [1.82, 2.24) is 0 Å². The molecular weight excluding hydrogens is 880 g/mol. The lowest BCUT2D eigenvalue weighted by Gasteiger charge is -2.34. The highest BCUT2D eigenvalue weighted by molar-refractivity contribution is 6.03. The zero-order chi connectivity index (χ0) is 48.5. The zero-order valence-corrected chi connectivity index (χ0v) is 33.8. The molecule has 0 saturated heterocycles. The van der Waals surface area contributed by atoms with Crippen molar-refractivity contribution in [2.24, 2.45) is 0 Å². The molecule has 0 amide bonds. The van der Waals surface area contributed by atoms with Crippen molar-refractivity contribution in [2.75, 3.05) is 0 Å². The van der Waals surface area contributed by atoms with E-state index in [-0.39, 0.29) is 69.3 Å². The van der Waals surface area contributed by atoms with Crippen LogP contribution in [0.3, 0.4) is 0 Å². The van der Waals surface area contributed by atoms with Gasteiger partial charge >= 0.3 is 29.8 Å². The van der Waals surface area contributed by atoms with Crippen LogP contribution in [0.15, 0.2) is 60.7 Å². The van der Waals surface area contributed by atoms with Crippen LogP contribution in [-0.4, -0.2) is 98.4 Å². The summed E-state index contributed by atoms with van der Waals surface area (Å²) in [5.74, 6) is -12.3. The molecule has 0 spiro atoms. The predicted molar refractivity (Wildman–Crippen MR) is 217 cm³/mol. The molecule has 2 aliphatic heterocycles. The summed E-state index contributed by atoms with van der Waals surface area (Å²) in [4.78, 5) is 71.3. The van der Waals surface area contributed by atoms with E-state index in [0.29, 0.717) is 17.7 Å². The van der Waals surface area contributed by atoms with E-state index in [1.165, 1.54) is 38.1 Å². The molecule has 11 N–H and O–H groups in total. The molecule has 2 atom stereocenters. The second-order valence-electron chi connectivity index (χ2n) is 14.2. The molecule has 0 aromatic heterocycles. The van der Waals surface area contributed by atoms with E-state index in [1.54, 1.807) is 0 Å². The maximum Gasteiger partial charge on any atom is 0.347 e. The number of aliphatic carboxylic acids is 1. The number of fused-ring (bicyclic) bond motifs is 3. The Labute approximate surface area is 368 Å². The van der Waals surface area contributed by atoms with Crippen LogP contribution in [0.25, 0.3) is 0 Å². The van der Waals surface area contributed by atoms with Crippen LogP contribution in [0.2, 0.25) is 0 Å². The number of aldehydes is 1. The van der Waals surface area contributed by atoms with Gasteiger partial charge in [0.05, 0.1) is 16.7 Å². The highest BCUT2D eigenvalue weighted by Crippen LogP contribution is 2.50. The molecule has 0 saturated carbocycles. The van der Waals surface area contributed by atoms with Crippen molar-refractivity contribution in [3.8, 4) is 74.7 Å². The molecule has 22 nitrogen and oxygen atoms in total. The summed E-state index contributed by atoms with van der Waals surface area (Å²) in [6.45, 7) is 1.83. The molecule has 2 unspecified atom stereocenters. The van der Waals surface area contributed by atoms with Crippen molar-refractivity contribution >= 4 is 36.1 Å². The number of esters is 3. The molecule has 2 heterocycles. The number of rotatable bonds is 9. The monoisotopic (exact) mass is 914 g/mol. The number of phenolic OH excluding ortho intramolecular Hbond substituents is 8. The van der Waals surface area contributed by atoms with Crippen LogP contribution in [0, 0.1) is 13.8 Å². The second kappa shape index (κ2) is 18.2. The first-order chi connectivity index (χ1) is 31.1. The van der Waals surface area contributed by atoms with Crippen molar-refractivity contribution in [3.05, 3.63) is 111 Å². The van der Waals surface area contributed by atoms with Crippen molar-refractivity contribution < 1.29 is 109 Å². The molecule has 7 rings (SSSR count). The van der Waals surface area contributed by atoms with Gasteiger partial charge in [0, 0.05) is 47.4 Å². The van der Waals surface area contributed by atoms with Crippen LogP contribution >= 0.6 is 0 Å². The summed E-state index contributed by atoms with van der Waals surface area (Å²) in [6.07, 6.45) is -0.819. The van der Waals surface area contributed by atoms with Crippen LogP contribution < -0.4 is 14.2 Å². The van der Waals surface area contributed by atoms with Gasteiger partial charge in [0.15, 0.2) is 58.4 Å². The van der Waals surface area contributed by atoms with Crippen molar-refractivity contribution in [2.45, 2.75) is 39.1 Å². The average Bonchev–Trinajstić information content (AvgIpc) is 3.39. The lowest BCUT2D eigenvalue weighted by molar-refractivity contribution is -0.139. The number of phenols is 9. The number of ether oxygens (including phenoxy) is 5. The fourth-order valence-corrected chi connectivity index (χ4v) is 6.80. The zero-order valence-electron chi connectivity index (χ0n) is 33.8. The number of hydrogen-bond donors (Lipinski definition) is 11. The number of carbonyl (C=O) groups excluding carboxylic acids is 4. The molecule has 0 fully saturated rings. The standard InChI is InChI=1S/C22H16O12.C22H18O10/c1-8-5-12(24)10(6-23)19-15(8)22(31)34-20-11(7-32-14(27)4-3-13(25)26)17(28)16(21(29)30)9(2)18(20)33-19;23-11-6-14(25)12-8-19(32-22(30)10-4-16(27)20(29)17(28)5-10)21(31-18(12)7-11)9-1-2-13(24)15(26)3-9/h3-6,24,28H,7H2,1-2H3,(H,25,26)(H,29,30);1-7,19,21,23-29H,8H2. The van der Waals surface area contributed by atoms with Gasteiger partial charge in [-0.25, -0.2) is 24.0 Å². The van der Waals surface area contributed by atoms with Gasteiger partial charge < -0.3 is 79.9 Å². The summed E-state index contributed by atoms with van der Waals surface area (Å²) in [6, 6.07) is 9.20. The normalized spacial score (nSPS) is 14.6. The van der Waals surface area contributed by atoms with Crippen LogP contribution in [0.1, 0.15) is 75.4 Å². The second-order valence-corrected chi connectivity index (χ2v) is 14.2. The minimum Gasteiger partial charge on any atom is -0.508 e. The van der Waals surface area contributed by atoms with Gasteiger partial charge in [-0.3, -0.25) is 4.79 Å². The Bertz CT molecular complexity index is 2890. The third-order valence-corrected chi connectivity index (χ3v) is 9.93. The molecule has 2 aliphatic rings. The molecule has 66 heavy (non-hydrogen) atoms. The van der Waals surface area contributed by atoms with E-state index in [0.717, 1.165) is 24.3 Å². The van der Waals surface area contributed by atoms with E-state index < -0.39 is 111 Å². The van der Waals surface area contributed by atoms with E-state index in [1.807, 2.05) is 0 Å². The Kier molecular flexibility index (Phi) is 12.7. The minimum atomic E-state index is -1.60. The maximum absolute atomic E-state index is 12.9. The lowest BCUT2D eigenvalue weighted by Crippen LogP contribution is -2.34. The Hall–Kier alpha value is -9.34. The number of aromatic hydroxyl groups is 9. The minimum absolute atomic E-state index is 0.0461. The van der Waals surface area contributed by atoms with Crippen LogP contribution in [0.5, 0.6) is 74.7 Å². The van der Waals surface area contributed by atoms with Crippen molar-refractivity contribution in [1.29, 1.82) is 0 Å². The topological polar surface area (TPSA) is 371 Å². The van der Waals surface area contributed by atoms with Gasteiger partial charge in [0.1, 0.15) is 52.6 Å². The largest absolute Gasteiger partial charge is 0.508 e. The molecule has 0 bridgehead atoms. The van der Waals surface area contributed by atoms with E-state index in [9.17, 15) is 79.8 Å². The van der Waals surface area contributed by atoms with Gasteiger partial charge in [-0.2, -0.15) is 0 Å². The smallest absolute Gasteiger partial charge is 0.347 e. The molecular formula is C44H34O22. The number of carboxylic acids is 2. The fourth-order valence-electron chi connectivity index (χ4n) is 6.80. The number of benzene rings is 5. The van der Waals surface area contributed by atoms with Gasteiger partial charge in [0.25, 0.3) is 0 Å². The Morgan fingerprint density at radius 3 is 2.05 bits per heavy atom. The third-order valence-electron chi connectivity index (χ3n) is 9.93. The Balaban J connectivity index is 0.000000219. The fraction of sp³-hybridized carbons (Fsp3) is 0.136. The molecule has 5 aromatic rings. The van der Waals surface area contributed by atoms with Gasteiger partial charge in [-0.1, -0.05) is 6.07 Å². The first-order valence-electron chi connectivity index (χ1n) is 18.7. The summed E-state index contributed by atoms with van der Waals surface area (Å²) in [7, 11) is 0. The molecule has 22 heteroatoms. The van der Waals surface area contributed by atoms with Crippen molar-refractivity contribution in [3.63, 3.8) is 0 Å². The summed E-state index contributed by atoms with van der Waals surface area (Å²) < 4.78 is 27.3. The number of hydrogen-bond acceptors (Lipinski definition) is 20. The summed E-state index contributed by atoms with van der Waals surface area (Å²) in [5.41, 5.74) is -1.48. The quantitative estimate of drug-likeness (QED) is 0.0312. The Morgan fingerprint density at radius 1 is 0.742 bits per heavy atom. The molecule has 0 radical (unpaired) electrons. The molecule has 342 valence electrons. The SMILES string of the molecule is Cc1cc(O)c(C=O)c2c1C(=O)Oc1c(COC(=O)C=CC(=O)O)c(O)c(C(=O)O)c(C)c1O2.O=C(OC1Cc2c(O)cc(O)cc2OC1c1ccc(O)c(O)c1)c1cc(O)c(O)c(O)c1. The van der Waals surface area contributed by atoms with E-state index >= 15 is 0 Å². The van der Waals surface area contributed by atoms with Gasteiger partial charge in [-0.15, -0.1) is 0 Å². The molecule has 0 aliphatic carbocycles. The van der Waals surface area contributed by atoms with Gasteiger partial charge in [-0.05, 0) is 49.7 Å². The number of aromatic carboxylic acids is 1. The average molecular weight is 915 g/mol. The summed E-state index contributed by atoms with van der Waals surface area (Å²) >= 11 is 0.